The first kappa shape index (κ1) is 12.9. The topological polar surface area (TPSA) is 49.8 Å². The molecule has 1 rings (SSSR count). The molecule has 0 radical (unpaired) electrons. The van der Waals surface area contributed by atoms with Crippen LogP contribution >= 0.6 is 23.2 Å². The Hall–Kier alpha value is -1.13. The number of methoxy groups -OCH3 is 1. The van der Waals surface area contributed by atoms with Crippen LogP contribution in [0.5, 0.6) is 5.75 Å². The molecule has 0 fully saturated rings. The van der Waals surface area contributed by atoms with Gasteiger partial charge in [-0.1, -0.05) is 23.2 Å². The van der Waals surface area contributed by atoms with Crippen molar-refractivity contribution in [2.24, 2.45) is 0 Å². The van der Waals surface area contributed by atoms with E-state index in [1.807, 2.05) is 0 Å². The van der Waals surface area contributed by atoms with Gasteiger partial charge in [0.1, 0.15) is 5.75 Å². The molecule has 0 saturated heterocycles. The molecule has 0 aliphatic rings. The molecule has 4 nitrogen and oxygen atoms in total. The predicted molar refractivity (Wildman–Crippen MR) is 62.5 cm³/mol. The van der Waals surface area contributed by atoms with Gasteiger partial charge in [0, 0.05) is 18.1 Å². The van der Waals surface area contributed by atoms with Crippen LogP contribution in [-0.2, 0) is 6.54 Å². The van der Waals surface area contributed by atoms with Crippen LogP contribution in [0.15, 0.2) is 12.1 Å². The number of carbonyl (C=O) groups is 1. The average Bonchev–Trinajstić information content (AvgIpc) is 2.22. The number of amides is 1. The number of nitrogens with zero attached hydrogens (tertiary/aromatic N) is 1. The standard InChI is InChI=1S/C10H11Cl2NO3/c1-13(10(14)15)5-6-3-8(12)9(16-2)4-7(6)11/h3-4H,5H2,1-2H3,(H,14,15). The fourth-order valence-electron chi connectivity index (χ4n) is 1.17. The Bertz CT molecular complexity index is 409. The Morgan fingerprint density at radius 3 is 2.56 bits per heavy atom. The van der Waals surface area contributed by atoms with E-state index in [-0.39, 0.29) is 6.54 Å². The molecular formula is C10H11Cl2NO3. The van der Waals surface area contributed by atoms with E-state index >= 15 is 0 Å². The first-order valence-electron chi connectivity index (χ1n) is 4.41. The summed E-state index contributed by atoms with van der Waals surface area (Å²) in [5.41, 5.74) is 0.636. The summed E-state index contributed by atoms with van der Waals surface area (Å²) in [5, 5.41) is 9.56. The maximum Gasteiger partial charge on any atom is 0.407 e. The van der Waals surface area contributed by atoms with Gasteiger partial charge in [-0.2, -0.15) is 0 Å². The van der Waals surface area contributed by atoms with E-state index in [1.165, 1.54) is 14.2 Å². The molecule has 0 heterocycles. The summed E-state index contributed by atoms with van der Waals surface area (Å²) in [5.74, 6) is 0.466. The maximum absolute atomic E-state index is 10.6. The number of hydrogen-bond donors (Lipinski definition) is 1. The molecule has 1 N–H and O–H groups in total. The average molecular weight is 264 g/mol. The van der Waals surface area contributed by atoms with Crippen LogP contribution < -0.4 is 4.74 Å². The van der Waals surface area contributed by atoms with Crippen molar-refractivity contribution in [3.05, 3.63) is 27.7 Å². The van der Waals surface area contributed by atoms with Crippen molar-refractivity contribution in [1.82, 2.24) is 4.90 Å². The molecule has 1 amide bonds. The molecule has 0 spiro atoms. The Kier molecular flexibility index (Phi) is 4.26. The van der Waals surface area contributed by atoms with Gasteiger partial charge in [-0.05, 0) is 11.6 Å². The number of ether oxygens (including phenoxy) is 1. The highest BCUT2D eigenvalue weighted by Crippen LogP contribution is 2.31. The fraction of sp³-hybridized carbons (Fsp3) is 0.300. The number of rotatable bonds is 3. The molecule has 0 unspecified atom stereocenters. The molecular weight excluding hydrogens is 253 g/mol. The van der Waals surface area contributed by atoms with Crippen molar-refractivity contribution in [2.45, 2.75) is 6.54 Å². The summed E-state index contributed by atoms with van der Waals surface area (Å²) in [7, 11) is 2.94. The van der Waals surface area contributed by atoms with Gasteiger partial charge in [-0.3, -0.25) is 0 Å². The van der Waals surface area contributed by atoms with Gasteiger partial charge in [0.05, 0.1) is 18.7 Å². The third-order valence-electron chi connectivity index (χ3n) is 2.05. The van der Waals surface area contributed by atoms with Crippen LogP contribution in [0.25, 0.3) is 0 Å². The Morgan fingerprint density at radius 1 is 1.44 bits per heavy atom. The van der Waals surface area contributed by atoms with Crippen LogP contribution in [0.1, 0.15) is 5.56 Å². The van der Waals surface area contributed by atoms with Crippen molar-refractivity contribution in [3.8, 4) is 5.75 Å². The Balaban J connectivity index is 2.98. The third-order valence-corrected chi connectivity index (χ3v) is 2.70. The maximum atomic E-state index is 10.6. The predicted octanol–water partition coefficient (Wildman–Crippen LogP) is 3.11. The Morgan fingerprint density at radius 2 is 2.06 bits per heavy atom. The molecule has 88 valence electrons. The second-order valence-electron chi connectivity index (χ2n) is 3.22. The normalized spacial score (nSPS) is 10.0. The van der Waals surface area contributed by atoms with Crippen molar-refractivity contribution in [2.75, 3.05) is 14.2 Å². The van der Waals surface area contributed by atoms with E-state index < -0.39 is 6.09 Å². The van der Waals surface area contributed by atoms with E-state index in [4.69, 9.17) is 33.0 Å². The first-order valence-corrected chi connectivity index (χ1v) is 5.17. The highest BCUT2D eigenvalue weighted by molar-refractivity contribution is 6.34. The monoisotopic (exact) mass is 263 g/mol. The van der Waals surface area contributed by atoms with Gasteiger partial charge in [0.25, 0.3) is 0 Å². The highest BCUT2D eigenvalue weighted by Gasteiger charge is 2.12. The molecule has 0 aliphatic carbocycles. The minimum absolute atomic E-state index is 0.178. The van der Waals surface area contributed by atoms with Crippen LogP contribution in [0.2, 0.25) is 10.0 Å². The summed E-state index contributed by atoms with van der Waals surface area (Å²) in [6.45, 7) is 0.178. The minimum atomic E-state index is -1.02. The lowest BCUT2D eigenvalue weighted by molar-refractivity contribution is 0.154. The van der Waals surface area contributed by atoms with Gasteiger partial charge in [0.15, 0.2) is 0 Å². The summed E-state index contributed by atoms with van der Waals surface area (Å²) in [6, 6.07) is 3.16. The largest absolute Gasteiger partial charge is 0.495 e. The van der Waals surface area contributed by atoms with Crippen molar-refractivity contribution in [1.29, 1.82) is 0 Å². The lowest BCUT2D eigenvalue weighted by Crippen LogP contribution is -2.24. The molecule has 1 aromatic rings. The van der Waals surface area contributed by atoms with Crippen molar-refractivity contribution < 1.29 is 14.6 Å². The second kappa shape index (κ2) is 5.27. The molecule has 1 aromatic carbocycles. The van der Waals surface area contributed by atoms with Gasteiger partial charge in [0.2, 0.25) is 0 Å². The quantitative estimate of drug-likeness (QED) is 0.912. The van der Waals surface area contributed by atoms with Crippen LogP contribution in [0.3, 0.4) is 0 Å². The van der Waals surface area contributed by atoms with E-state index in [9.17, 15) is 4.79 Å². The van der Waals surface area contributed by atoms with Crippen LogP contribution in [0.4, 0.5) is 4.79 Å². The molecule has 0 aliphatic heterocycles. The fourth-order valence-corrected chi connectivity index (χ4v) is 1.65. The zero-order valence-corrected chi connectivity index (χ0v) is 10.3. The van der Waals surface area contributed by atoms with E-state index in [0.29, 0.717) is 21.4 Å². The lowest BCUT2D eigenvalue weighted by Gasteiger charge is -2.15. The number of benzene rings is 1. The highest BCUT2D eigenvalue weighted by atomic mass is 35.5. The van der Waals surface area contributed by atoms with Crippen LogP contribution in [0, 0.1) is 0 Å². The van der Waals surface area contributed by atoms with Crippen LogP contribution in [-0.4, -0.2) is 30.3 Å². The van der Waals surface area contributed by atoms with E-state index in [0.717, 1.165) is 4.90 Å². The zero-order valence-electron chi connectivity index (χ0n) is 8.83. The number of halogens is 2. The Labute approximate surface area is 103 Å². The summed E-state index contributed by atoms with van der Waals surface area (Å²) >= 11 is 11.9. The molecule has 0 bridgehead atoms. The van der Waals surface area contributed by atoms with Crippen molar-refractivity contribution in [3.63, 3.8) is 0 Å². The first-order chi connectivity index (χ1) is 7.45. The third kappa shape index (κ3) is 2.93. The molecule has 0 saturated carbocycles. The zero-order chi connectivity index (χ0) is 12.3. The van der Waals surface area contributed by atoms with Crippen molar-refractivity contribution >= 4 is 29.3 Å². The molecule has 6 heteroatoms. The number of carboxylic acid groups (broad SMARTS) is 1. The smallest absolute Gasteiger partial charge is 0.407 e. The SMILES string of the molecule is COc1cc(Cl)c(CN(C)C(=O)O)cc1Cl. The van der Waals surface area contributed by atoms with E-state index in [2.05, 4.69) is 0 Å². The number of hydrogen-bond acceptors (Lipinski definition) is 2. The lowest BCUT2D eigenvalue weighted by atomic mass is 10.2. The molecule has 0 atom stereocenters. The summed E-state index contributed by atoms with van der Waals surface area (Å²) in [4.78, 5) is 11.8. The minimum Gasteiger partial charge on any atom is -0.495 e. The summed E-state index contributed by atoms with van der Waals surface area (Å²) in [6.07, 6.45) is -1.02. The van der Waals surface area contributed by atoms with Gasteiger partial charge < -0.3 is 14.7 Å². The molecule has 0 aromatic heterocycles. The molecule has 16 heavy (non-hydrogen) atoms. The van der Waals surface area contributed by atoms with Gasteiger partial charge >= 0.3 is 6.09 Å². The van der Waals surface area contributed by atoms with E-state index in [1.54, 1.807) is 12.1 Å². The summed E-state index contributed by atoms with van der Waals surface area (Å²) < 4.78 is 4.99. The van der Waals surface area contributed by atoms with Gasteiger partial charge in [-0.15, -0.1) is 0 Å². The second-order valence-corrected chi connectivity index (χ2v) is 4.03. The van der Waals surface area contributed by atoms with Gasteiger partial charge in [-0.25, -0.2) is 4.79 Å².